The summed E-state index contributed by atoms with van der Waals surface area (Å²) in [5, 5.41) is 5.92. The molecule has 0 aliphatic heterocycles. The topological polar surface area (TPSA) is 29.9 Å². The van der Waals surface area contributed by atoms with Crippen LogP contribution in [0.1, 0.15) is 5.56 Å². The average molecular weight is 237 g/mol. The Morgan fingerprint density at radius 2 is 1.94 bits per heavy atom. The lowest BCUT2D eigenvalue weighted by Crippen LogP contribution is -2.04. The molecule has 2 aromatic carbocycles. The Morgan fingerprint density at radius 3 is 2.78 bits per heavy atom. The first kappa shape index (κ1) is 10.8. The molecule has 0 amide bonds. The maximum absolute atomic E-state index is 4.26. The Morgan fingerprint density at radius 1 is 1.11 bits per heavy atom. The first-order valence-electron chi connectivity index (χ1n) is 6.02. The summed E-state index contributed by atoms with van der Waals surface area (Å²) in [7, 11) is 1.98. The number of aromatic nitrogens is 2. The van der Waals surface area contributed by atoms with Crippen LogP contribution in [0.2, 0.25) is 0 Å². The molecule has 1 aromatic heterocycles. The minimum absolute atomic E-state index is 0.784. The van der Waals surface area contributed by atoms with E-state index in [-0.39, 0.29) is 0 Å². The van der Waals surface area contributed by atoms with E-state index in [4.69, 9.17) is 0 Å². The number of anilines is 1. The fraction of sp³-hybridized carbons (Fsp3) is 0.133. The van der Waals surface area contributed by atoms with Crippen LogP contribution < -0.4 is 5.32 Å². The molecule has 1 heterocycles. The first-order chi connectivity index (χ1) is 8.84. The third-order valence-corrected chi connectivity index (χ3v) is 3.14. The van der Waals surface area contributed by atoms with Crippen LogP contribution in [-0.4, -0.2) is 9.55 Å². The van der Waals surface area contributed by atoms with Crippen molar-refractivity contribution in [3.05, 3.63) is 60.4 Å². The lowest BCUT2D eigenvalue weighted by Gasteiger charge is -2.09. The van der Waals surface area contributed by atoms with Gasteiger partial charge in [-0.1, -0.05) is 42.5 Å². The van der Waals surface area contributed by atoms with E-state index in [1.165, 1.54) is 16.3 Å². The molecule has 3 aromatic rings. The van der Waals surface area contributed by atoms with Gasteiger partial charge in [0.2, 0.25) is 5.95 Å². The summed E-state index contributed by atoms with van der Waals surface area (Å²) in [5.74, 6) is 0.892. The van der Waals surface area contributed by atoms with Gasteiger partial charge in [0.1, 0.15) is 0 Å². The van der Waals surface area contributed by atoms with Crippen molar-refractivity contribution in [1.29, 1.82) is 0 Å². The number of benzene rings is 2. The second-order valence-electron chi connectivity index (χ2n) is 4.35. The van der Waals surface area contributed by atoms with E-state index in [0.29, 0.717) is 0 Å². The molecule has 0 unspecified atom stereocenters. The molecule has 0 saturated heterocycles. The standard InChI is InChI=1S/C15H15N3/c1-18-10-9-16-15(18)17-11-13-7-4-6-12-5-2-3-8-14(12)13/h2-10H,11H2,1H3,(H,16,17). The van der Waals surface area contributed by atoms with Crippen molar-refractivity contribution < 1.29 is 0 Å². The molecule has 0 radical (unpaired) electrons. The van der Waals surface area contributed by atoms with Crippen LogP contribution in [0.4, 0.5) is 5.95 Å². The minimum Gasteiger partial charge on any atom is -0.352 e. The second-order valence-corrected chi connectivity index (χ2v) is 4.35. The van der Waals surface area contributed by atoms with Crippen molar-refractivity contribution in [3.63, 3.8) is 0 Å². The number of nitrogens with zero attached hydrogens (tertiary/aromatic N) is 2. The highest BCUT2D eigenvalue weighted by atomic mass is 15.2. The number of fused-ring (bicyclic) bond motifs is 1. The Kier molecular flexibility index (Phi) is 2.73. The number of aryl methyl sites for hydroxylation is 1. The third-order valence-electron chi connectivity index (χ3n) is 3.14. The van der Waals surface area contributed by atoms with E-state index in [1.807, 2.05) is 17.8 Å². The lowest BCUT2D eigenvalue weighted by atomic mass is 10.0. The van der Waals surface area contributed by atoms with E-state index in [1.54, 1.807) is 6.20 Å². The average Bonchev–Trinajstić information content (AvgIpc) is 2.82. The van der Waals surface area contributed by atoms with Crippen molar-refractivity contribution in [2.24, 2.45) is 7.05 Å². The van der Waals surface area contributed by atoms with Crippen molar-refractivity contribution >= 4 is 16.7 Å². The Labute approximate surface area is 106 Å². The highest BCUT2D eigenvalue weighted by Crippen LogP contribution is 2.19. The van der Waals surface area contributed by atoms with E-state index in [2.05, 4.69) is 52.8 Å². The van der Waals surface area contributed by atoms with Gasteiger partial charge in [0.15, 0.2) is 0 Å². The predicted molar refractivity (Wildman–Crippen MR) is 74.5 cm³/mol. The first-order valence-corrected chi connectivity index (χ1v) is 6.02. The van der Waals surface area contributed by atoms with Crippen LogP contribution in [-0.2, 0) is 13.6 Å². The number of imidazole rings is 1. The van der Waals surface area contributed by atoms with Crippen LogP contribution in [0.5, 0.6) is 0 Å². The lowest BCUT2D eigenvalue weighted by molar-refractivity contribution is 0.901. The van der Waals surface area contributed by atoms with E-state index >= 15 is 0 Å². The zero-order valence-electron chi connectivity index (χ0n) is 10.3. The molecular weight excluding hydrogens is 222 g/mol. The largest absolute Gasteiger partial charge is 0.352 e. The van der Waals surface area contributed by atoms with Crippen LogP contribution in [0.3, 0.4) is 0 Å². The monoisotopic (exact) mass is 237 g/mol. The molecule has 18 heavy (non-hydrogen) atoms. The second kappa shape index (κ2) is 4.53. The van der Waals surface area contributed by atoms with Gasteiger partial charge >= 0.3 is 0 Å². The van der Waals surface area contributed by atoms with Gasteiger partial charge < -0.3 is 9.88 Å². The number of hydrogen-bond acceptors (Lipinski definition) is 2. The highest BCUT2D eigenvalue weighted by molar-refractivity contribution is 5.85. The van der Waals surface area contributed by atoms with Gasteiger partial charge in [-0.15, -0.1) is 0 Å². The van der Waals surface area contributed by atoms with Gasteiger partial charge in [-0.25, -0.2) is 4.98 Å². The van der Waals surface area contributed by atoms with Gasteiger partial charge in [0.05, 0.1) is 0 Å². The molecule has 0 spiro atoms. The molecule has 0 atom stereocenters. The van der Waals surface area contributed by atoms with Gasteiger partial charge in [-0.05, 0) is 16.3 Å². The van der Waals surface area contributed by atoms with Gasteiger partial charge in [-0.3, -0.25) is 0 Å². The van der Waals surface area contributed by atoms with Crippen molar-refractivity contribution in [3.8, 4) is 0 Å². The van der Waals surface area contributed by atoms with Crippen molar-refractivity contribution in [2.45, 2.75) is 6.54 Å². The molecule has 3 nitrogen and oxygen atoms in total. The van der Waals surface area contributed by atoms with Gasteiger partial charge in [-0.2, -0.15) is 0 Å². The summed E-state index contributed by atoms with van der Waals surface area (Å²) in [5.41, 5.74) is 1.29. The van der Waals surface area contributed by atoms with Crippen molar-refractivity contribution in [1.82, 2.24) is 9.55 Å². The smallest absolute Gasteiger partial charge is 0.202 e. The number of hydrogen-bond donors (Lipinski definition) is 1. The molecule has 1 N–H and O–H groups in total. The summed E-state index contributed by atoms with van der Waals surface area (Å²) in [6.45, 7) is 0.784. The fourth-order valence-corrected chi connectivity index (χ4v) is 2.16. The van der Waals surface area contributed by atoms with Crippen LogP contribution in [0.25, 0.3) is 10.8 Å². The van der Waals surface area contributed by atoms with Crippen molar-refractivity contribution in [2.75, 3.05) is 5.32 Å². The summed E-state index contributed by atoms with van der Waals surface area (Å²) < 4.78 is 1.98. The summed E-state index contributed by atoms with van der Waals surface area (Å²) >= 11 is 0. The maximum Gasteiger partial charge on any atom is 0.202 e. The van der Waals surface area contributed by atoms with Crippen LogP contribution in [0, 0.1) is 0 Å². The zero-order chi connectivity index (χ0) is 12.4. The SMILES string of the molecule is Cn1ccnc1NCc1cccc2ccccc12. The molecular formula is C15H15N3. The van der Waals surface area contributed by atoms with Crippen LogP contribution in [0.15, 0.2) is 54.9 Å². The third kappa shape index (κ3) is 1.95. The fourth-order valence-electron chi connectivity index (χ4n) is 2.16. The van der Waals surface area contributed by atoms with Crippen LogP contribution >= 0.6 is 0 Å². The predicted octanol–water partition coefficient (Wildman–Crippen LogP) is 3.19. The molecule has 0 aliphatic rings. The quantitative estimate of drug-likeness (QED) is 0.758. The summed E-state index contributed by atoms with van der Waals surface area (Å²) in [6.07, 6.45) is 3.73. The number of rotatable bonds is 3. The Hall–Kier alpha value is -2.29. The summed E-state index contributed by atoms with van der Waals surface area (Å²) in [4.78, 5) is 4.26. The maximum atomic E-state index is 4.26. The molecule has 3 rings (SSSR count). The Balaban J connectivity index is 1.89. The van der Waals surface area contributed by atoms with E-state index in [9.17, 15) is 0 Å². The molecule has 0 fully saturated rings. The molecule has 0 bridgehead atoms. The Bertz CT molecular complexity index is 665. The molecule has 0 aliphatic carbocycles. The van der Waals surface area contributed by atoms with E-state index < -0.39 is 0 Å². The highest BCUT2D eigenvalue weighted by Gasteiger charge is 2.02. The van der Waals surface area contributed by atoms with Gasteiger partial charge in [0, 0.05) is 26.0 Å². The number of nitrogens with one attached hydrogen (secondary N) is 1. The summed E-state index contributed by atoms with van der Waals surface area (Å²) in [6, 6.07) is 14.8. The minimum atomic E-state index is 0.784. The van der Waals surface area contributed by atoms with Gasteiger partial charge in [0.25, 0.3) is 0 Å². The molecule has 0 saturated carbocycles. The molecule has 3 heteroatoms. The molecule has 90 valence electrons. The van der Waals surface area contributed by atoms with E-state index in [0.717, 1.165) is 12.5 Å². The normalized spacial score (nSPS) is 10.7. The zero-order valence-corrected chi connectivity index (χ0v) is 10.3.